The monoisotopic (exact) mass is 409 g/mol. The molecular weight excluding hydrogens is 382 g/mol. The Kier molecular flexibility index (Phi) is 4.85. The van der Waals surface area contributed by atoms with Crippen LogP contribution in [0, 0.1) is 6.92 Å². The molecule has 29 heavy (non-hydrogen) atoms. The van der Waals surface area contributed by atoms with Gasteiger partial charge in [0.1, 0.15) is 0 Å². The van der Waals surface area contributed by atoms with E-state index in [1.54, 1.807) is 21.6 Å². The lowest BCUT2D eigenvalue weighted by Gasteiger charge is -2.33. The minimum atomic E-state index is -1.01. The molecule has 0 bridgehead atoms. The summed E-state index contributed by atoms with van der Waals surface area (Å²) in [6.07, 6.45) is 0. The Hall–Kier alpha value is -2.47. The number of nitrogens with one attached hydrogen (secondary N) is 1. The summed E-state index contributed by atoms with van der Waals surface area (Å²) in [6, 6.07) is 15.7. The molecule has 6 heteroatoms. The maximum Gasteiger partial charge on any atom is 0.319 e. The van der Waals surface area contributed by atoms with Crippen molar-refractivity contribution in [3.8, 4) is 0 Å². The number of fused-ring (bicyclic) bond motifs is 2. The van der Waals surface area contributed by atoms with Crippen molar-refractivity contribution in [2.24, 2.45) is 0 Å². The number of hydrogen-bond donors (Lipinski definition) is 1. The number of nitrogens with zero attached hydrogens (tertiary/aromatic N) is 2. The van der Waals surface area contributed by atoms with E-state index >= 15 is 0 Å². The third-order valence-electron chi connectivity index (χ3n) is 5.53. The van der Waals surface area contributed by atoms with Crippen LogP contribution < -0.4 is 10.2 Å². The highest BCUT2D eigenvalue weighted by atomic mass is 32.2. The molecule has 5 nitrogen and oxygen atoms in total. The SMILES string of the molecule is CCN1C(=O)C2(SC(C)(C)CN2C(=O)NCc2cccc(C)c2)c2ccccc21. The van der Waals surface area contributed by atoms with Gasteiger partial charge in [-0.25, -0.2) is 4.79 Å². The first kappa shape index (κ1) is 19.8. The van der Waals surface area contributed by atoms with Crippen LogP contribution in [0.2, 0.25) is 0 Å². The quantitative estimate of drug-likeness (QED) is 0.824. The predicted octanol–water partition coefficient (Wildman–Crippen LogP) is 4.25. The van der Waals surface area contributed by atoms with Crippen LogP contribution in [0.25, 0.3) is 0 Å². The zero-order valence-electron chi connectivity index (χ0n) is 17.4. The van der Waals surface area contributed by atoms with Crippen LogP contribution in [0.1, 0.15) is 37.5 Å². The third kappa shape index (κ3) is 3.19. The van der Waals surface area contributed by atoms with Gasteiger partial charge >= 0.3 is 6.03 Å². The van der Waals surface area contributed by atoms with Gasteiger partial charge in [0.2, 0.25) is 0 Å². The number of para-hydroxylation sites is 1. The maximum atomic E-state index is 13.6. The summed E-state index contributed by atoms with van der Waals surface area (Å²) in [5, 5.41) is 3.04. The fraction of sp³-hybridized carbons (Fsp3) is 0.391. The number of rotatable bonds is 3. The largest absolute Gasteiger partial charge is 0.334 e. The fourth-order valence-electron chi connectivity index (χ4n) is 4.37. The van der Waals surface area contributed by atoms with Crippen LogP contribution in [-0.4, -0.2) is 34.7 Å². The van der Waals surface area contributed by atoms with Crippen LogP contribution in [0.3, 0.4) is 0 Å². The maximum absolute atomic E-state index is 13.6. The molecule has 3 amide bonds. The number of benzene rings is 2. The van der Waals surface area contributed by atoms with Gasteiger partial charge in [-0.05, 0) is 39.3 Å². The first-order chi connectivity index (χ1) is 13.8. The molecule has 0 radical (unpaired) electrons. The second kappa shape index (κ2) is 7.10. The van der Waals surface area contributed by atoms with Crippen molar-refractivity contribution < 1.29 is 9.59 Å². The number of carbonyl (C=O) groups is 2. The van der Waals surface area contributed by atoms with E-state index in [-0.39, 0.29) is 16.7 Å². The van der Waals surface area contributed by atoms with E-state index in [2.05, 4.69) is 25.2 Å². The number of carbonyl (C=O) groups excluding carboxylic acids is 2. The second-order valence-electron chi connectivity index (χ2n) is 8.31. The molecule has 2 aliphatic heterocycles. The molecule has 152 valence electrons. The Balaban J connectivity index is 1.69. The van der Waals surface area contributed by atoms with E-state index in [0.29, 0.717) is 19.6 Å². The summed E-state index contributed by atoms with van der Waals surface area (Å²) in [6.45, 7) is 9.72. The average molecular weight is 410 g/mol. The lowest BCUT2D eigenvalue weighted by atomic mass is 10.0. The van der Waals surface area contributed by atoms with Crippen LogP contribution in [0.15, 0.2) is 48.5 Å². The minimum Gasteiger partial charge on any atom is -0.334 e. The molecule has 2 heterocycles. The number of thioether (sulfide) groups is 1. The van der Waals surface area contributed by atoms with Gasteiger partial charge in [-0.1, -0.05) is 48.0 Å². The lowest BCUT2D eigenvalue weighted by Crippen LogP contribution is -2.53. The van der Waals surface area contributed by atoms with Crippen molar-refractivity contribution in [1.29, 1.82) is 0 Å². The van der Waals surface area contributed by atoms with E-state index in [9.17, 15) is 9.59 Å². The second-order valence-corrected chi connectivity index (χ2v) is 10.2. The average Bonchev–Trinajstić information content (AvgIpc) is 3.11. The molecule has 2 aliphatic rings. The Labute approximate surface area is 176 Å². The smallest absolute Gasteiger partial charge is 0.319 e. The zero-order chi connectivity index (χ0) is 20.8. The summed E-state index contributed by atoms with van der Waals surface area (Å²) >= 11 is 1.58. The van der Waals surface area contributed by atoms with Crippen molar-refractivity contribution in [1.82, 2.24) is 10.2 Å². The molecule has 4 rings (SSSR count). The van der Waals surface area contributed by atoms with Crippen LogP contribution in [-0.2, 0) is 16.2 Å². The lowest BCUT2D eigenvalue weighted by molar-refractivity contribution is -0.123. The first-order valence-corrected chi connectivity index (χ1v) is 10.8. The van der Waals surface area contributed by atoms with E-state index in [0.717, 1.165) is 22.4 Å². The van der Waals surface area contributed by atoms with Gasteiger partial charge in [0.15, 0.2) is 4.87 Å². The minimum absolute atomic E-state index is 0.0255. The molecule has 1 N–H and O–H groups in total. The van der Waals surface area contributed by atoms with Crippen molar-refractivity contribution in [2.45, 2.75) is 43.9 Å². The van der Waals surface area contributed by atoms with Gasteiger partial charge in [0.25, 0.3) is 5.91 Å². The van der Waals surface area contributed by atoms with Crippen molar-refractivity contribution >= 4 is 29.4 Å². The highest BCUT2D eigenvalue weighted by Gasteiger charge is 2.63. The molecule has 1 unspecified atom stereocenters. The van der Waals surface area contributed by atoms with Crippen LogP contribution in [0.4, 0.5) is 10.5 Å². The molecule has 0 aromatic heterocycles. The van der Waals surface area contributed by atoms with Gasteiger partial charge in [-0.2, -0.15) is 0 Å². The molecule has 2 aromatic rings. The molecule has 2 aromatic carbocycles. The molecule has 1 spiro atoms. The highest BCUT2D eigenvalue weighted by Crippen LogP contribution is 2.59. The summed E-state index contributed by atoms with van der Waals surface area (Å²) < 4.78 is -0.229. The zero-order valence-corrected chi connectivity index (χ0v) is 18.2. The number of aryl methyl sites for hydroxylation is 1. The Morgan fingerprint density at radius 3 is 2.66 bits per heavy atom. The number of amides is 3. The van der Waals surface area contributed by atoms with Gasteiger partial charge in [-0.15, -0.1) is 11.8 Å². The highest BCUT2D eigenvalue weighted by molar-refractivity contribution is 8.02. The van der Waals surface area contributed by atoms with Gasteiger partial charge in [0, 0.05) is 29.9 Å². The van der Waals surface area contributed by atoms with Crippen LogP contribution in [0.5, 0.6) is 0 Å². The summed E-state index contributed by atoms with van der Waals surface area (Å²) in [4.78, 5) is 29.5. The predicted molar refractivity (Wildman–Crippen MR) is 118 cm³/mol. The molecule has 1 saturated heterocycles. The molecule has 0 saturated carbocycles. The van der Waals surface area contributed by atoms with Crippen LogP contribution >= 0.6 is 11.8 Å². The van der Waals surface area contributed by atoms with Gasteiger partial charge < -0.3 is 10.2 Å². The van der Waals surface area contributed by atoms with Crippen molar-refractivity contribution in [3.05, 3.63) is 65.2 Å². The molecule has 1 atom stereocenters. The molecule has 1 fully saturated rings. The Morgan fingerprint density at radius 2 is 1.93 bits per heavy atom. The summed E-state index contributed by atoms with van der Waals surface area (Å²) in [5.41, 5.74) is 4.02. The van der Waals surface area contributed by atoms with E-state index in [4.69, 9.17) is 0 Å². The Morgan fingerprint density at radius 1 is 1.17 bits per heavy atom. The van der Waals surface area contributed by atoms with E-state index in [1.807, 2.05) is 56.3 Å². The fourth-order valence-corrected chi connectivity index (χ4v) is 6.10. The summed E-state index contributed by atoms with van der Waals surface area (Å²) in [5.74, 6) is -0.0255. The van der Waals surface area contributed by atoms with Gasteiger partial charge in [-0.3, -0.25) is 9.69 Å². The molecular formula is C23H27N3O2S. The van der Waals surface area contributed by atoms with Crippen molar-refractivity contribution in [3.63, 3.8) is 0 Å². The number of anilines is 1. The first-order valence-electron chi connectivity index (χ1n) is 10.0. The van der Waals surface area contributed by atoms with E-state index < -0.39 is 4.87 Å². The standard InChI is InChI=1S/C23H27N3O2S/c1-5-25-19-12-7-6-11-18(19)23(20(25)27)26(15-22(3,4)29-23)21(28)24-14-17-10-8-9-16(2)13-17/h6-13H,5,14-15H2,1-4H3,(H,24,28). The number of urea groups is 1. The van der Waals surface area contributed by atoms with E-state index in [1.165, 1.54) is 0 Å². The van der Waals surface area contributed by atoms with Gasteiger partial charge in [0.05, 0.1) is 5.69 Å². The normalized spacial score (nSPS) is 22.3. The summed E-state index contributed by atoms with van der Waals surface area (Å²) in [7, 11) is 0. The number of hydrogen-bond acceptors (Lipinski definition) is 3. The Bertz CT molecular complexity index is 974. The number of likely N-dealkylation sites (N-methyl/N-ethyl adjacent to an activating group) is 1. The topological polar surface area (TPSA) is 52.7 Å². The molecule has 0 aliphatic carbocycles. The third-order valence-corrected chi connectivity index (χ3v) is 7.12. The van der Waals surface area contributed by atoms with Crippen molar-refractivity contribution in [2.75, 3.05) is 18.0 Å².